The minimum Gasteiger partial charge on any atom is -0.396 e. The fourth-order valence-corrected chi connectivity index (χ4v) is 1.68. The third-order valence-corrected chi connectivity index (χ3v) is 3.59. The zero-order valence-electron chi connectivity index (χ0n) is 15.0. The number of esters is 3. The van der Waals surface area contributed by atoms with E-state index < -0.39 is 61.8 Å². The Labute approximate surface area is 156 Å². The van der Waals surface area contributed by atoms with Gasteiger partial charge in [-0.15, -0.1) is 0 Å². The monoisotopic (exact) mass is 388 g/mol. The molecule has 27 heavy (non-hydrogen) atoms. The second kappa shape index (κ2) is 11.2. The molecule has 0 heterocycles. The van der Waals surface area contributed by atoms with E-state index in [9.17, 15) is 29.7 Å². The molecular formula is C17H24O10. The van der Waals surface area contributed by atoms with Gasteiger partial charge in [-0.25, -0.2) is 14.4 Å². The van der Waals surface area contributed by atoms with Crippen molar-refractivity contribution in [3.63, 3.8) is 0 Å². The number of rotatable bonds is 13. The van der Waals surface area contributed by atoms with Crippen LogP contribution in [0.5, 0.6) is 0 Å². The normalized spacial score (nSPS) is 12.4. The summed E-state index contributed by atoms with van der Waals surface area (Å²) < 4.78 is 19.9. The lowest BCUT2D eigenvalue weighted by molar-refractivity contribution is -0.346. The highest BCUT2D eigenvalue weighted by Crippen LogP contribution is 2.26. The molecule has 0 aromatic rings. The summed E-state index contributed by atoms with van der Waals surface area (Å²) in [5, 5.41) is 28.3. The maximum Gasteiger partial charge on any atom is 0.449 e. The van der Waals surface area contributed by atoms with Gasteiger partial charge in [0.1, 0.15) is 0 Å². The highest BCUT2D eigenvalue weighted by atomic mass is 16.9. The van der Waals surface area contributed by atoms with Gasteiger partial charge in [0, 0.05) is 18.2 Å². The van der Waals surface area contributed by atoms with E-state index in [-0.39, 0.29) is 0 Å². The van der Waals surface area contributed by atoms with Gasteiger partial charge in [-0.1, -0.05) is 19.7 Å². The average molecular weight is 388 g/mol. The maximum atomic E-state index is 11.6. The first-order valence-corrected chi connectivity index (χ1v) is 7.68. The van der Waals surface area contributed by atoms with Gasteiger partial charge in [0.15, 0.2) is 6.61 Å². The molecule has 1 unspecified atom stereocenters. The Morgan fingerprint density at radius 3 is 1.44 bits per heavy atom. The Hall–Kier alpha value is -2.53. The summed E-state index contributed by atoms with van der Waals surface area (Å²) >= 11 is 0. The van der Waals surface area contributed by atoms with Crippen LogP contribution >= 0.6 is 0 Å². The summed E-state index contributed by atoms with van der Waals surface area (Å²) in [4.78, 5) is 34.9. The van der Waals surface area contributed by atoms with Gasteiger partial charge in [0.2, 0.25) is 0 Å². The Morgan fingerprint density at radius 1 is 0.852 bits per heavy atom. The van der Waals surface area contributed by atoms with Crippen molar-refractivity contribution in [2.75, 3.05) is 26.4 Å². The van der Waals surface area contributed by atoms with Gasteiger partial charge in [0.05, 0.1) is 31.3 Å². The van der Waals surface area contributed by atoms with Gasteiger partial charge in [-0.2, -0.15) is 0 Å². The first kappa shape index (κ1) is 24.5. The van der Waals surface area contributed by atoms with E-state index in [1.807, 2.05) is 0 Å². The quantitative estimate of drug-likeness (QED) is 0.208. The standard InChI is InChI=1S/C17H24O10/c1-5-13(21)25-17(26-14(22)6-2,27-15(23)7-3)11-24-12(4)16(8-18,9-19)10-20/h5-7,12,18-20H,1-3,8-11H2,4H3. The van der Waals surface area contributed by atoms with Crippen LogP contribution in [0.1, 0.15) is 6.92 Å². The Bertz CT molecular complexity index is 501. The van der Waals surface area contributed by atoms with Gasteiger partial charge in [-0.05, 0) is 6.92 Å². The number of ether oxygens (including phenoxy) is 4. The number of aliphatic hydroxyl groups is 3. The lowest BCUT2D eigenvalue weighted by Crippen LogP contribution is -2.51. The summed E-state index contributed by atoms with van der Waals surface area (Å²) in [7, 11) is 0. The van der Waals surface area contributed by atoms with Crippen LogP contribution in [0.4, 0.5) is 0 Å². The van der Waals surface area contributed by atoms with Crippen LogP contribution in [0.15, 0.2) is 38.0 Å². The Kier molecular flexibility index (Phi) is 10.2. The van der Waals surface area contributed by atoms with Gasteiger partial charge < -0.3 is 34.3 Å². The molecule has 0 radical (unpaired) electrons. The molecule has 0 aliphatic heterocycles. The molecule has 0 bridgehead atoms. The summed E-state index contributed by atoms with van der Waals surface area (Å²) in [6.45, 7) is 8.12. The summed E-state index contributed by atoms with van der Waals surface area (Å²) in [5.41, 5.74) is -1.47. The third-order valence-electron chi connectivity index (χ3n) is 3.59. The van der Waals surface area contributed by atoms with E-state index in [2.05, 4.69) is 19.7 Å². The number of hydrogen-bond donors (Lipinski definition) is 3. The van der Waals surface area contributed by atoms with E-state index in [0.29, 0.717) is 0 Å². The van der Waals surface area contributed by atoms with Crippen molar-refractivity contribution in [2.45, 2.75) is 19.0 Å². The van der Waals surface area contributed by atoms with Gasteiger partial charge in [0.25, 0.3) is 0 Å². The van der Waals surface area contributed by atoms with Crippen molar-refractivity contribution >= 4 is 17.9 Å². The zero-order chi connectivity index (χ0) is 21.1. The molecule has 0 fully saturated rings. The van der Waals surface area contributed by atoms with E-state index in [4.69, 9.17) is 18.9 Å². The molecular weight excluding hydrogens is 364 g/mol. The summed E-state index contributed by atoms with van der Waals surface area (Å²) in [5.74, 6) is -6.00. The molecule has 0 saturated heterocycles. The fourth-order valence-electron chi connectivity index (χ4n) is 1.68. The predicted molar refractivity (Wildman–Crippen MR) is 90.7 cm³/mol. The van der Waals surface area contributed by atoms with Crippen molar-refractivity contribution in [3.8, 4) is 0 Å². The molecule has 0 aromatic heterocycles. The minimum atomic E-state index is -2.66. The van der Waals surface area contributed by atoms with Crippen LogP contribution < -0.4 is 0 Å². The average Bonchev–Trinajstić information content (AvgIpc) is 2.67. The number of carbonyl (C=O) groups is 3. The van der Waals surface area contributed by atoms with Gasteiger partial charge in [-0.3, -0.25) is 0 Å². The van der Waals surface area contributed by atoms with E-state index in [1.165, 1.54) is 6.92 Å². The molecule has 10 nitrogen and oxygen atoms in total. The summed E-state index contributed by atoms with van der Waals surface area (Å²) in [6, 6.07) is 0. The van der Waals surface area contributed by atoms with Crippen LogP contribution in [-0.4, -0.2) is 71.7 Å². The highest BCUT2D eigenvalue weighted by Gasteiger charge is 2.46. The van der Waals surface area contributed by atoms with Crippen LogP contribution in [-0.2, 0) is 33.3 Å². The first-order valence-electron chi connectivity index (χ1n) is 7.68. The smallest absolute Gasteiger partial charge is 0.396 e. The lowest BCUT2D eigenvalue weighted by atomic mass is 9.85. The summed E-state index contributed by atoms with van der Waals surface area (Å²) in [6.07, 6.45) is 1.12. The van der Waals surface area contributed by atoms with Crippen LogP contribution in [0, 0.1) is 5.41 Å². The topological polar surface area (TPSA) is 149 Å². The van der Waals surface area contributed by atoms with E-state index >= 15 is 0 Å². The molecule has 0 spiro atoms. The molecule has 152 valence electrons. The number of hydrogen-bond acceptors (Lipinski definition) is 10. The molecule has 0 amide bonds. The molecule has 1 atom stereocenters. The van der Waals surface area contributed by atoms with E-state index in [1.54, 1.807) is 0 Å². The molecule has 0 aromatic carbocycles. The lowest BCUT2D eigenvalue weighted by Gasteiger charge is -2.36. The van der Waals surface area contributed by atoms with Crippen molar-refractivity contribution < 1.29 is 48.7 Å². The molecule has 0 rings (SSSR count). The Balaban J connectivity index is 5.75. The Morgan fingerprint density at radius 2 is 1.19 bits per heavy atom. The van der Waals surface area contributed by atoms with Crippen molar-refractivity contribution in [1.29, 1.82) is 0 Å². The van der Waals surface area contributed by atoms with Crippen molar-refractivity contribution in [2.24, 2.45) is 5.41 Å². The second-order valence-corrected chi connectivity index (χ2v) is 5.35. The third kappa shape index (κ3) is 6.94. The first-order chi connectivity index (χ1) is 12.7. The largest absolute Gasteiger partial charge is 0.449 e. The molecule has 10 heteroatoms. The van der Waals surface area contributed by atoms with Crippen LogP contribution in [0.3, 0.4) is 0 Å². The molecule has 0 aliphatic carbocycles. The number of aliphatic hydroxyl groups excluding tert-OH is 3. The van der Waals surface area contributed by atoms with Crippen LogP contribution in [0.2, 0.25) is 0 Å². The fraction of sp³-hybridized carbons (Fsp3) is 0.471. The highest BCUT2D eigenvalue weighted by molar-refractivity contribution is 5.85. The molecule has 3 N–H and O–H groups in total. The van der Waals surface area contributed by atoms with Crippen molar-refractivity contribution in [3.05, 3.63) is 38.0 Å². The molecule has 0 saturated carbocycles. The predicted octanol–water partition coefficient (Wildman–Crippen LogP) is -0.804. The second-order valence-electron chi connectivity index (χ2n) is 5.35. The maximum absolute atomic E-state index is 11.6. The van der Waals surface area contributed by atoms with E-state index in [0.717, 1.165) is 18.2 Å². The van der Waals surface area contributed by atoms with Gasteiger partial charge >= 0.3 is 23.9 Å². The molecule has 0 aliphatic rings. The van der Waals surface area contributed by atoms with Crippen LogP contribution in [0.25, 0.3) is 0 Å². The SMILES string of the molecule is C=CC(=O)OC(COC(C)C(CO)(CO)CO)(OC(=O)C=C)OC(=O)C=C. The minimum absolute atomic E-state index is 0.653. The van der Waals surface area contributed by atoms with Crippen molar-refractivity contribution in [1.82, 2.24) is 0 Å². The number of carbonyl (C=O) groups excluding carboxylic acids is 3. The zero-order valence-corrected chi connectivity index (χ0v) is 15.0.